The van der Waals surface area contributed by atoms with E-state index in [1.807, 2.05) is 6.07 Å². The van der Waals surface area contributed by atoms with Crippen molar-refractivity contribution in [3.8, 4) is 0 Å². The van der Waals surface area contributed by atoms with E-state index < -0.39 is 24.0 Å². The van der Waals surface area contributed by atoms with Crippen LogP contribution in [0.4, 0.5) is 4.79 Å². The van der Waals surface area contributed by atoms with Crippen molar-refractivity contribution < 1.29 is 23.9 Å². The summed E-state index contributed by atoms with van der Waals surface area (Å²) in [4.78, 5) is 38.5. The molecule has 0 saturated carbocycles. The van der Waals surface area contributed by atoms with Gasteiger partial charge in [-0.05, 0) is 24.6 Å². The van der Waals surface area contributed by atoms with Gasteiger partial charge in [-0.3, -0.25) is 4.79 Å². The first-order valence-corrected chi connectivity index (χ1v) is 8.93. The maximum absolute atomic E-state index is 12.9. The lowest BCUT2D eigenvalue weighted by molar-refractivity contribution is -0.147. The Balaban J connectivity index is 2.25. The minimum Gasteiger partial charge on any atom is -0.464 e. The van der Waals surface area contributed by atoms with Gasteiger partial charge >= 0.3 is 12.1 Å². The van der Waals surface area contributed by atoms with Crippen molar-refractivity contribution >= 4 is 29.6 Å². The van der Waals surface area contributed by atoms with Crippen LogP contribution < -0.4 is 0 Å². The average Bonchev–Trinajstić information content (AvgIpc) is 2.71. The molecule has 6 nitrogen and oxygen atoms in total. The second-order valence-corrected chi connectivity index (χ2v) is 5.81. The van der Waals surface area contributed by atoms with E-state index >= 15 is 0 Å². The Kier molecular flexibility index (Phi) is 7.82. The van der Waals surface area contributed by atoms with E-state index in [0.717, 1.165) is 5.56 Å². The van der Waals surface area contributed by atoms with Crippen LogP contribution in [0.3, 0.4) is 0 Å². The molecule has 0 aliphatic carbocycles. The minimum absolute atomic E-state index is 0.0456. The summed E-state index contributed by atoms with van der Waals surface area (Å²) in [7, 11) is 0. The highest BCUT2D eigenvalue weighted by Gasteiger charge is 2.37. The predicted octanol–water partition coefficient (Wildman–Crippen LogP) is 3.64. The van der Waals surface area contributed by atoms with E-state index in [9.17, 15) is 14.4 Å². The van der Waals surface area contributed by atoms with Gasteiger partial charge in [-0.25, -0.2) is 14.5 Å². The maximum Gasteiger partial charge on any atom is 0.417 e. The molecule has 7 heteroatoms. The molecule has 0 aliphatic heterocycles. The molecule has 0 unspecified atom stereocenters. The number of carbonyl (C=O) groups excluding carboxylic acids is 3. The van der Waals surface area contributed by atoms with Gasteiger partial charge in [-0.15, -0.1) is 11.6 Å². The van der Waals surface area contributed by atoms with Crippen molar-refractivity contribution in [2.75, 3.05) is 12.5 Å². The van der Waals surface area contributed by atoms with Gasteiger partial charge in [-0.2, -0.15) is 0 Å². The van der Waals surface area contributed by atoms with Crippen LogP contribution in [0, 0.1) is 0 Å². The largest absolute Gasteiger partial charge is 0.464 e. The van der Waals surface area contributed by atoms with E-state index in [2.05, 4.69) is 0 Å². The molecular weight excluding hydrogens is 370 g/mol. The molecule has 0 aliphatic rings. The summed E-state index contributed by atoms with van der Waals surface area (Å²) < 4.78 is 10.2. The third-order valence-electron chi connectivity index (χ3n) is 3.66. The topological polar surface area (TPSA) is 72.9 Å². The number of imide groups is 1. The number of rotatable bonds is 7. The lowest BCUT2D eigenvalue weighted by Gasteiger charge is -2.26. The first kappa shape index (κ1) is 20.5. The van der Waals surface area contributed by atoms with Crippen LogP contribution >= 0.6 is 11.6 Å². The number of amides is 2. The third-order valence-corrected chi connectivity index (χ3v) is 3.95. The fourth-order valence-electron chi connectivity index (χ4n) is 2.34. The Bertz CT molecular complexity index is 766. The number of carbonyl (C=O) groups is 3. The zero-order valence-corrected chi connectivity index (χ0v) is 15.6. The van der Waals surface area contributed by atoms with Crippen molar-refractivity contribution in [2.24, 2.45) is 0 Å². The van der Waals surface area contributed by atoms with E-state index in [0.29, 0.717) is 4.90 Å². The number of hydrogen-bond acceptors (Lipinski definition) is 5. The molecule has 2 aromatic carbocycles. The molecule has 2 rings (SSSR count). The van der Waals surface area contributed by atoms with Crippen molar-refractivity contribution in [3.05, 3.63) is 71.8 Å². The highest BCUT2D eigenvalue weighted by atomic mass is 35.5. The highest BCUT2D eigenvalue weighted by molar-refractivity contribution is 6.20. The molecule has 2 aromatic rings. The number of alkyl halides is 1. The number of halogens is 1. The minimum atomic E-state index is -1.29. The Hall–Kier alpha value is -2.86. The fraction of sp³-hybridized carbons (Fsp3) is 0.250. The monoisotopic (exact) mass is 389 g/mol. The van der Waals surface area contributed by atoms with E-state index in [1.54, 1.807) is 49.4 Å². The standard InChI is InChI=1S/C20H20ClNO5/c1-2-26-19(24)17(13-21)22(18(23)16-11-7-4-8-12-16)20(25)27-14-15-9-5-3-6-10-15/h3-12,17H,2,13-14H2,1H3/t17-/m0/s1. The molecule has 0 radical (unpaired) electrons. The first-order valence-electron chi connectivity index (χ1n) is 8.40. The molecular formula is C20H20ClNO5. The summed E-state index contributed by atoms with van der Waals surface area (Å²) in [5, 5.41) is 0. The Labute approximate surface area is 162 Å². The molecule has 27 heavy (non-hydrogen) atoms. The summed E-state index contributed by atoms with van der Waals surface area (Å²) >= 11 is 5.88. The van der Waals surface area contributed by atoms with E-state index in [4.69, 9.17) is 21.1 Å². The fourth-order valence-corrected chi connectivity index (χ4v) is 2.60. The number of esters is 1. The second kappa shape index (κ2) is 10.3. The summed E-state index contributed by atoms with van der Waals surface area (Å²) in [6.45, 7) is 1.68. The molecule has 2 amide bonds. The SMILES string of the molecule is CCOC(=O)[C@H](CCl)N(C(=O)OCc1ccccc1)C(=O)c1ccccc1. The Morgan fingerprint density at radius 2 is 1.56 bits per heavy atom. The summed E-state index contributed by atoms with van der Waals surface area (Å²) in [6, 6.07) is 15.8. The molecule has 0 heterocycles. The van der Waals surface area contributed by atoms with Gasteiger partial charge in [0, 0.05) is 5.56 Å². The van der Waals surface area contributed by atoms with E-state index in [1.165, 1.54) is 12.1 Å². The van der Waals surface area contributed by atoms with Gasteiger partial charge in [0.15, 0.2) is 6.04 Å². The van der Waals surface area contributed by atoms with Crippen molar-refractivity contribution in [1.29, 1.82) is 0 Å². The number of hydrogen-bond donors (Lipinski definition) is 0. The zero-order valence-electron chi connectivity index (χ0n) is 14.8. The summed E-state index contributed by atoms with van der Waals surface area (Å²) in [5.74, 6) is -1.77. The Morgan fingerprint density at radius 3 is 2.11 bits per heavy atom. The van der Waals surface area contributed by atoms with Gasteiger partial charge < -0.3 is 9.47 Å². The number of nitrogens with zero attached hydrogens (tertiary/aromatic N) is 1. The Morgan fingerprint density at radius 1 is 0.963 bits per heavy atom. The maximum atomic E-state index is 12.9. The van der Waals surface area contributed by atoms with Gasteiger partial charge in [0.1, 0.15) is 6.61 Å². The molecule has 0 N–H and O–H groups in total. The lowest BCUT2D eigenvalue weighted by atomic mass is 10.1. The van der Waals surface area contributed by atoms with Gasteiger partial charge in [0.2, 0.25) is 0 Å². The van der Waals surface area contributed by atoms with Crippen LogP contribution in [0.25, 0.3) is 0 Å². The molecule has 142 valence electrons. The van der Waals surface area contributed by atoms with Gasteiger partial charge in [-0.1, -0.05) is 48.5 Å². The van der Waals surface area contributed by atoms with Crippen LogP contribution in [0.2, 0.25) is 0 Å². The molecule has 0 saturated heterocycles. The van der Waals surface area contributed by atoms with Crippen LogP contribution in [0.15, 0.2) is 60.7 Å². The van der Waals surface area contributed by atoms with Gasteiger partial charge in [0.05, 0.1) is 12.5 Å². The third kappa shape index (κ3) is 5.56. The molecule has 0 spiro atoms. The quantitative estimate of drug-likeness (QED) is 0.534. The zero-order chi connectivity index (χ0) is 19.6. The molecule has 0 aromatic heterocycles. The van der Waals surface area contributed by atoms with Crippen LogP contribution in [0.5, 0.6) is 0 Å². The van der Waals surface area contributed by atoms with E-state index in [-0.39, 0.29) is 24.7 Å². The highest BCUT2D eigenvalue weighted by Crippen LogP contribution is 2.15. The summed E-state index contributed by atoms with van der Waals surface area (Å²) in [6.07, 6.45) is -0.966. The van der Waals surface area contributed by atoms with Gasteiger partial charge in [0.25, 0.3) is 5.91 Å². The molecule has 0 fully saturated rings. The van der Waals surface area contributed by atoms with Crippen molar-refractivity contribution in [1.82, 2.24) is 4.90 Å². The first-order chi connectivity index (χ1) is 13.1. The van der Waals surface area contributed by atoms with Crippen molar-refractivity contribution in [3.63, 3.8) is 0 Å². The van der Waals surface area contributed by atoms with Crippen LogP contribution in [-0.4, -0.2) is 41.4 Å². The van der Waals surface area contributed by atoms with Crippen LogP contribution in [0.1, 0.15) is 22.8 Å². The normalized spacial score (nSPS) is 11.3. The summed E-state index contributed by atoms with van der Waals surface area (Å²) in [5.41, 5.74) is 0.977. The molecule has 1 atom stereocenters. The van der Waals surface area contributed by atoms with Crippen LogP contribution in [-0.2, 0) is 20.9 Å². The predicted molar refractivity (Wildman–Crippen MR) is 100 cm³/mol. The van der Waals surface area contributed by atoms with Crippen molar-refractivity contribution in [2.45, 2.75) is 19.6 Å². The lowest BCUT2D eigenvalue weighted by Crippen LogP contribution is -2.50. The number of ether oxygens (including phenoxy) is 2. The molecule has 0 bridgehead atoms. The average molecular weight is 390 g/mol. The number of benzene rings is 2. The second-order valence-electron chi connectivity index (χ2n) is 5.50. The smallest absolute Gasteiger partial charge is 0.417 e.